The van der Waals surface area contributed by atoms with E-state index in [1.54, 1.807) is 0 Å². The molecule has 0 spiro atoms. The fourth-order valence-corrected chi connectivity index (χ4v) is 2.45. The molecule has 0 heterocycles. The summed E-state index contributed by atoms with van der Waals surface area (Å²) >= 11 is 0. The van der Waals surface area contributed by atoms with Crippen LogP contribution in [0.25, 0.3) is 0 Å². The molecule has 17 heavy (non-hydrogen) atoms. The Labute approximate surface area is 103 Å². The van der Waals surface area contributed by atoms with Crippen LogP contribution in [0.2, 0.25) is 0 Å². The van der Waals surface area contributed by atoms with Crippen molar-refractivity contribution in [1.82, 2.24) is 5.32 Å². The summed E-state index contributed by atoms with van der Waals surface area (Å²) in [6, 6.07) is 4.39. The van der Waals surface area contributed by atoms with Gasteiger partial charge in [0.25, 0.3) is 0 Å². The van der Waals surface area contributed by atoms with Crippen LogP contribution < -0.4 is 5.32 Å². The lowest BCUT2D eigenvalue weighted by molar-refractivity contribution is 0.485. The maximum atomic E-state index is 13.6. The lowest BCUT2D eigenvalue weighted by Gasteiger charge is -2.19. The van der Waals surface area contributed by atoms with E-state index in [9.17, 15) is 4.39 Å². The van der Waals surface area contributed by atoms with Crippen molar-refractivity contribution in [2.24, 2.45) is 5.92 Å². The van der Waals surface area contributed by atoms with Gasteiger partial charge in [-0.2, -0.15) is 0 Å². The number of benzene rings is 1. The van der Waals surface area contributed by atoms with Crippen molar-refractivity contribution in [2.45, 2.75) is 46.1 Å². The van der Waals surface area contributed by atoms with Gasteiger partial charge in [0.05, 0.1) is 0 Å². The Balaban J connectivity index is 2.21. The van der Waals surface area contributed by atoms with Crippen LogP contribution in [0.5, 0.6) is 0 Å². The topological polar surface area (TPSA) is 12.0 Å². The summed E-state index contributed by atoms with van der Waals surface area (Å²) in [7, 11) is 0. The number of rotatable bonds is 5. The molecule has 1 aliphatic rings. The summed E-state index contributed by atoms with van der Waals surface area (Å²) in [5, 5.41) is 3.52. The highest BCUT2D eigenvalue weighted by Gasteiger charge is 2.26. The van der Waals surface area contributed by atoms with E-state index in [2.05, 4.69) is 12.2 Å². The van der Waals surface area contributed by atoms with Crippen molar-refractivity contribution in [3.63, 3.8) is 0 Å². The minimum Gasteiger partial charge on any atom is -0.310 e. The third-order valence-corrected chi connectivity index (χ3v) is 3.58. The first-order valence-electron chi connectivity index (χ1n) is 6.61. The van der Waals surface area contributed by atoms with Gasteiger partial charge in [-0.25, -0.2) is 4.39 Å². The van der Waals surface area contributed by atoms with Gasteiger partial charge in [0, 0.05) is 6.04 Å². The van der Waals surface area contributed by atoms with E-state index in [4.69, 9.17) is 0 Å². The molecule has 1 N–H and O–H groups in total. The smallest absolute Gasteiger partial charge is 0.129 e. The van der Waals surface area contributed by atoms with Gasteiger partial charge in [-0.3, -0.25) is 0 Å². The normalized spacial score (nSPS) is 17.2. The quantitative estimate of drug-likeness (QED) is 0.816. The van der Waals surface area contributed by atoms with E-state index in [0.29, 0.717) is 6.04 Å². The second kappa shape index (κ2) is 5.18. The molecule has 0 aliphatic heterocycles. The molecule has 1 unspecified atom stereocenters. The number of halogens is 1. The Hall–Kier alpha value is -0.890. The van der Waals surface area contributed by atoms with Crippen LogP contribution in [0.4, 0.5) is 4.39 Å². The second-order valence-corrected chi connectivity index (χ2v) is 5.26. The number of aryl methyl sites for hydroxylation is 2. The maximum Gasteiger partial charge on any atom is 0.129 e. The molecule has 1 aromatic carbocycles. The summed E-state index contributed by atoms with van der Waals surface area (Å²) < 4.78 is 13.6. The highest BCUT2D eigenvalue weighted by atomic mass is 19.1. The summed E-state index contributed by atoms with van der Waals surface area (Å²) in [6.07, 6.45) is 3.92. The van der Waals surface area contributed by atoms with Gasteiger partial charge in [-0.05, 0) is 49.4 Å². The molecular weight excluding hydrogens is 213 g/mol. The third kappa shape index (κ3) is 3.06. The molecule has 1 aromatic rings. The predicted octanol–water partition coefficient (Wildman–Crippen LogP) is 3.89. The van der Waals surface area contributed by atoms with E-state index in [-0.39, 0.29) is 5.82 Å². The lowest BCUT2D eigenvalue weighted by atomic mass is 9.97. The average molecular weight is 235 g/mol. The highest BCUT2D eigenvalue weighted by Crippen LogP contribution is 2.38. The largest absolute Gasteiger partial charge is 0.310 e. The van der Waals surface area contributed by atoms with Crippen LogP contribution in [0.1, 0.15) is 48.9 Å². The van der Waals surface area contributed by atoms with Crippen LogP contribution in [-0.4, -0.2) is 6.54 Å². The Morgan fingerprint density at radius 2 is 1.88 bits per heavy atom. The number of hydrogen-bond acceptors (Lipinski definition) is 1. The summed E-state index contributed by atoms with van der Waals surface area (Å²) in [4.78, 5) is 0. The molecule has 0 bridgehead atoms. The Kier molecular flexibility index (Phi) is 3.82. The molecule has 1 saturated carbocycles. The van der Waals surface area contributed by atoms with Crippen molar-refractivity contribution >= 4 is 0 Å². The first kappa shape index (κ1) is 12.6. The van der Waals surface area contributed by atoms with Crippen LogP contribution in [0.3, 0.4) is 0 Å². The van der Waals surface area contributed by atoms with E-state index >= 15 is 0 Å². The molecule has 2 heteroatoms. The minimum atomic E-state index is -0.0598. The Morgan fingerprint density at radius 3 is 2.35 bits per heavy atom. The van der Waals surface area contributed by atoms with Gasteiger partial charge in [0.15, 0.2) is 0 Å². The van der Waals surface area contributed by atoms with Gasteiger partial charge in [0.1, 0.15) is 5.82 Å². The molecule has 1 atom stereocenters. The zero-order valence-electron chi connectivity index (χ0n) is 11.0. The standard InChI is InChI=1S/C15H22FN/c1-4-17-14(9-12-5-6-12)13-7-10(2)15(16)11(3)8-13/h7-8,12,14,17H,4-6,9H2,1-3H3. The van der Waals surface area contributed by atoms with Gasteiger partial charge in [0.2, 0.25) is 0 Å². The van der Waals surface area contributed by atoms with Crippen molar-refractivity contribution < 1.29 is 4.39 Å². The monoisotopic (exact) mass is 235 g/mol. The first-order chi connectivity index (χ1) is 8.11. The summed E-state index contributed by atoms with van der Waals surface area (Å²) in [5.41, 5.74) is 2.77. The van der Waals surface area contributed by atoms with Crippen LogP contribution in [0, 0.1) is 25.6 Å². The van der Waals surface area contributed by atoms with Crippen molar-refractivity contribution in [3.8, 4) is 0 Å². The first-order valence-corrected chi connectivity index (χ1v) is 6.61. The zero-order valence-corrected chi connectivity index (χ0v) is 11.0. The van der Waals surface area contributed by atoms with Gasteiger partial charge in [-0.15, -0.1) is 0 Å². The number of hydrogen-bond donors (Lipinski definition) is 1. The van der Waals surface area contributed by atoms with Crippen LogP contribution in [-0.2, 0) is 0 Å². The van der Waals surface area contributed by atoms with Gasteiger partial charge < -0.3 is 5.32 Å². The molecule has 94 valence electrons. The predicted molar refractivity (Wildman–Crippen MR) is 69.6 cm³/mol. The molecule has 2 rings (SSSR count). The van der Waals surface area contributed by atoms with Crippen LogP contribution >= 0.6 is 0 Å². The molecule has 0 saturated heterocycles. The third-order valence-electron chi connectivity index (χ3n) is 3.58. The Bertz CT molecular complexity index is 373. The fraction of sp³-hybridized carbons (Fsp3) is 0.600. The van der Waals surface area contributed by atoms with Gasteiger partial charge in [-0.1, -0.05) is 31.9 Å². The summed E-state index contributed by atoms with van der Waals surface area (Å²) in [5.74, 6) is 0.820. The summed E-state index contributed by atoms with van der Waals surface area (Å²) in [6.45, 7) is 6.80. The van der Waals surface area contributed by atoms with Gasteiger partial charge >= 0.3 is 0 Å². The SMILES string of the molecule is CCNC(CC1CC1)c1cc(C)c(F)c(C)c1. The van der Waals surface area contributed by atoms with Crippen molar-refractivity contribution in [2.75, 3.05) is 6.54 Å². The Morgan fingerprint density at radius 1 is 1.29 bits per heavy atom. The van der Waals surface area contributed by atoms with Crippen molar-refractivity contribution in [1.29, 1.82) is 0 Å². The minimum absolute atomic E-state index is 0.0598. The molecule has 0 radical (unpaired) electrons. The van der Waals surface area contributed by atoms with E-state index in [1.165, 1.54) is 24.8 Å². The molecule has 0 aromatic heterocycles. The molecular formula is C15H22FN. The second-order valence-electron chi connectivity index (χ2n) is 5.26. The van der Waals surface area contributed by atoms with Crippen LogP contribution in [0.15, 0.2) is 12.1 Å². The molecule has 1 aliphatic carbocycles. The zero-order chi connectivity index (χ0) is 12.4. The maximum absolute atomic E-state index is 13.6. The average Bonchev–Trinajstić information content (AvgIpc) is 3.08. The lowest BCUT2D eigenvalue weighted by Crippen LogP contribution is -2.21. The molecule has 1 nitrogen and oxygen atoms in total. The fourth-order valence-electron chi connectivity index (χ4n) is 2.45. The molecule has 0 amide bonds. The van der Waals surface area contributed by atoms with E-state index in [1.807, 2.05) is 26.0 Å². The molecule has 1 fully saturated rings. The number of nitrogens with one attached hydrogen (secondary N) is 1. The van der Waals surface area contributed by atoms with E-state index < -0.39 is 0 Å². The van der Waals surface area contributed by atoms with Crippen molar-refractivity contribution in [3.05, 3.63) is 34.6 Å². The van der Waals surface area contributed by atoms with E-state index in [0.717, 1.165) is 23.6 Å². The highest BCUT2D eigenvalue weighted by molar-refractivity contribution is 5.32.